The van der Waals surface area contributed by atoms with Crippen LogP contribution in [0, 0.1) is 0 Å². The zero-order valence-corrected chi connectivity index (χ0v) is 17.8. The van der Waals surface area contributed by atoms with Crippen molar-refractivity contribution in [1.82, 2.24) is 0 Å². The Morgan fingerprint density at radius 2 is 0.880 bits per heavy atom. The molecule has 0 atom stereocenters. The largest absolute Gasteiger partial charge is 0.521 e. The molecule has 0 amide bonds. The SMILES string of the molecule is CC[Si](CC)(Oc1ccccc1)O[Si](CC)(CC)Oc1ccccc1. The molecule has 3 nitrogen and oxygen atoms in total. The van der Waals surface area contributed by atoms with Crippen LogP contribution in [-0.2, 0) is 4.12 Å². The molecule has 2 aromatic carbocycles. The van der Waals surface area contributed by atoms with Crippen LogP contribution in [0.15, 0.2) is 60.7 Å². The molecule has 0 aliphatic heterocycles. The van der Waals surface area contributed by atoms with Crippen molar-refractivity contribution in [2.45, 2.75) is 51.9 Å². The van der Waals surface area contributed by atoms with E-state index in [0.29, 0.717) is 0 Å². The van der Waals surface area contributed by atoms with Crippen LogP contribution in [0.4, 0.5) is 0 Å². The highest BCUT2D eigenvalue weighted by Crippen LogP contribution is 2.31. The van der Waals surface area contributed by atoms with Gasteiger partial charge in [0.25, 0.3) is 0 Å². The molecular formula is C20H30O3Si2. The van der Waals surface area contributed by atoms with Gasteiger partial charge < -0.3 is 13.0 Å². The number of para-hydroxylation sites is 2. The van der Waals surface area contributed by atoms with Gasteiger partial charge in [-0.25, -0.2) is 0 Å². The van der Waals surface area contributed by atoms with E-state index in [-0.39, 0.29) is 0 Å². The second kappa shape index (κ2) is 9.22. The number of rotatable bonds is 10. The smallest absolute Gasteiger partial charge is 0.390 e. The van der Waals surface area contributed by atoms with Gasteiger partial charge in [0.2, 0.25) is 0 Å². The van der Waals surface area contributed by atoms with Crippen LogP contribution in [0.2, 0.25) is 24.2 Å². The molecule has 0 aliphatic rings. The number of hydrogen-bond donors (Lipinski definition) is 0. The second-order valence-corrected chi connectivity index (χ2v) is 13.9. The minimum absolute atomic E-state index is 0.896. The Balaban J connectivity index is 2.26. The van der Waals surface area contributed by atoms with Crippen LogP contribution in [0.3, 0.4) is 0 Å². The van der Waals surface area contributed by atoms with E-state index in [1.807, 2.05) is 60.7 Å². The lowest BCUT2D eigenvalue weighted by Gasteiger charge is -2.39. The highest BCUT2D eigenvalue weighted by molar-refractivity contribution is 6.81. The Bertz CT molecular complexity index is 556. The van der Waals surface area contributed by atoms with Crippen molar-refractivity contribution in [1.29, 1.82) is 0 Å². The molecule has 0 N–H and O–H groups in total. The molecule has 0 radical (unpaired) electrons. The first-order valence-corrected chi connectivity index (χ1v) is 13.8. The first-order chi connectivity index (χ1) is 12.1. The van der Waals surface area contributed by atoms with E-state index < -0.39 is 17.1 Å². The fourth-order valence-corrected chi connectivity index (χ4v) is 10.9. The number of hydrogen-bond acceptors (Lipinski definition) is 3. The van der Waals surface area contributed by atoms with Gasteiger partial charge in [-0.15, -0.1) is 0 Å². The first kappa shape index (κ1) is 19.8. The average molecular weight is 375 g/mol. The lowest BCUT2D eigenvalue weighted by molar-refractivity contribution is 0.311. The van der Waals surface area contributed by atoms with Crippen molar-refractivity contribution in [3.63, 3.8) is 0 Å². The molecule has 2 rings (SSSR count). The number of benzene rings is 2. The molecular weight excluding hydrogens is 344 g/mol. The van der Waals surface area contributed by atoms with Crippen molar-refractivity contribution in [2.24, 2.45) is 0 Å². The molecule has 0 saturated carbocycles. The van der Waals surface area contributed by atoms with Crippen molar-refractivity contribution < 1.29 is 13.0 Å². The highest BCUT2D eigenvalue weighted by Gasteiger charge is 2.48. The van der Waals surface area contributed by atoms with Gasteiger partial charge in [0.1, 0.15) is 11.5 Å². The van der Waals surface area contributed by atoms with Crippen LogP contribution < -0.4 is 8.85 Å². The maximum Gasteiger partial charge on any atom is 0.390 e. The van der Waals surface area contributed by atoms with Gasteiger partial charge in [-0.3, -0.25) is 0 Å². The predicted molar refractivity (Wildman–Crippen MR) is 109 cm³/mol. The van der Waals surface area contributed by atoms with E-state index in [9.17, 15) is 0 Å². The second-order valence-electron chi connectivity index (χ2n) is 6.17. The van der Waals surface area contributed by atoms with E-state index >= 15 is 0 Å². The summed E-state index contributed by atoms with van der Waals surface area (Å²) in [6, 6.07) is 23.7. The summed E-state index contributed by atoms with van der Waals surface area (Å²) in [7, 11) is -4.76. The summed E-state index contributed by atoms with van der Waals surface area (Å²) in [5.41, 5.74) is 0. The summed E-state index contributed by atoms with van der Waals surface area (Å²) >= 11 is 0. The maximum atomic E-state index is 6.86. The summed E-state index contributed by atoms with van der Waals surface area (Å²) in [4.78, 5) is 0. The molecule has 5 heteroatoms. The van der Waals surface area contributed by atoms with Gasteiger partial charge in [0.05, 0.1) is 0 Å². The van der Waals surface area contributed by atoms with Crippen molar-refractivity contribution in [3.8, 4) is 11.5 Å². The van der Waals surface area contributed by atoms with Gasteiger partial charge in [-0.1, -0.05) is 64.1 Å². The predicted octanol–water partition coefficient (Wildman–Crippen LogP) is 6.13. The van der Waals surface area contributed by atoms with Crippen LogP contribution in [-0.4, -0.2) is 17.1 Å². The first-order valence-electron chi connectivity index (χ1n) is 9.29. The Morgan fingerprint density at radius 1 is 0.560 bits per heavy atom. The van der Waals surface area contributed by atoms with Crippen molar-refractivity contribution >= 4 is 17.1 Å². The van der Waals surface area contributed by atoms with Crippen LogP contribution >= 0.6 is 0 Å². The lowest BCUT2D eigenvalue weighted by atomic mass is 10.3. The quantitative estimate of drug-likeness (QED) is 0.468. The third-order valence-electron chi connectivity index (χ3n) is 4.62. The highest BCUT2D eigenvalue weighted by atomic mass is 28.5. The van der Waals surface area contributed by atoms with E-state index in [0.717, 1.165) is 35.7 Å². The molecule has 0 unspecified atom stereocenters. The summed E-state index contributed by atoms with van der Waals surface area (Å²) < 4.78 is 19.8. The van der Waals surface area contributed by atoms with Crippen LogP contribution in [0.5, 0.6) is 11.5 Å². The summed E-state index contributed by atoms with van der Waals surface area (Å²) in [5, 5.41) is 0. The average Bonchev–Trinajstić information content (AvgIpc) is 2.68. The van der Waals surface area contributed by atoms with Crippen LogP contribution in [0.25, 0.3) is 0 Å². The Kier molecular flexibility index (Phi) is 7.29. The van der Waals surface area contributed by atoms with Crippen LogP contribution in [0.1, 0.15) is 27.7 Å². The van der Waals surface area contributed by atoms with Crippen molar-refractivity contribution in [3.05, 3.63) is 60.7 Å². The monoisotopic (exact) mass is 374 g/mol. The van der Waals surface area contributed by atoms with Crippen molar-refractivity contribution in [2.75, 3.05) is 0 Å². The zero-order chi connectivity index (χ0) is 18.2. The minimum atomic E-state index is -2.38. The molecule has 136 valence electrons. The molecule has 0 spiro atoms. The Hall–Kier alpha value is -1.57. The van der Waals surface area contributed by atoms with E-state index in [1.165, 1.54) is 0 Å². The third kappa shape index (κ3) is 5.20. The molecule has 2 aromatic rings. The summed E-state index contributed by atoms with van der Waals surface area (Å²) in [5.74, 6) is 1.79. The Labute approximate surface area is 154 Å². The molecule has 25 heavy (non-hydrogen) atoms. The molecule has 0 aliphatic carbocycles. The van der Waals surface area contributed by atoms with Gasteiger partial charge in [0, 0.05) is 0 Å². The molecule has 0 bridgehead atoms. The molecule has 0 heterocycles. The standard InChI is InChI=1S/C20H30O3Si2/c1-5-24(6-2,21-19-15-11-9-12-16-19)23-25(7-3,8-4)22-20-17-13-10-14-18-20/h9-18H,5-8H2,1-4H3. The van der Waals surface area contributed by atoms with Gasteiger partial charge >= 0.3 is 17.1 Å². The van der Waals surface area contributed by atoms with Gasteiger partial charge in [0.15, 0.2) is 0 Å². The molecule has 0 saturated heterocycles. The van der Waals surface area contributed by atoms with E-state index in [4.69, 9.17) is 13.0 Å². The fourth-order valence-electron chi connectivity index (χ4n) is 2.86. The third-order valence-corrected chi connectivity index (χ3v) is 13.1. The van der Waals surface area contributed by atoms with E-state index in [1.54, 1.807) is 0 Å². The normalized spacial score (nSPS) is 12.0. The van der Waals surface area contributed by atoms with Gasteiger partial charge in [-0.2, -0.15) is 0 Å². The Morgan fingerprint density at radius 3 is 1.16 bits per heavy atom. The minimum Gasteiger partial charge on any atom is -0.521 e. The molecule has 0 aromatic heterocycles. The topological polar surface area (TPSA) is 27.7 Å². The maximum absolute atomic E-state index is 6.86. The van der Waals surface area contributed by atoms with Gasteiger partial charge in [-0.05, 0) is 48.4 Å². The van der Waals surface area contributed by atoms with E-state index in [2.05, 4.69) is 27.7 Å². The zero-order valence-electron chi connectivity index (χ0n) is 15.8. The molecule has 0 fully saturated rings. The fraction of sp³-hybridized carbons (Fsp3) is 0.400. The summed E-state index contributed by atoms with van der Waals surface area (Å²) in [6.45, 7) is 8.69. The summed E-state index contributed by atoms with van der Waals surface area (Å²) in [6.07, 6.45) is 0. The lowest BCUT2D eigenvalue weighted by Crippen LogP contribution is -2.57.